The molecule has 1 atom stereocenters. The van der Waals surface area contributed by atoms with Gasteiger partial charge in [0.2, 0.25) is 0 Å². The maximum atomic E-state index is 12.2. The average molecular weight is 347 g/mol. The maximum Gasteiger partial charge on any atom is 0.331 e. The highest BCUT2D eigenvalue weighted by atomic mass is 16.5. The molecule has 25 heavy (non-hydrogen) atoms. The monoisotopic (exact) mass is 347 g/mol. The van der Waals surface area contributed by atoms with Crippen molar-refractivity contribution in [2.45, 2.75) is 39.2 Å². The van der Waals surface area contributed by atoms with E-state index >= 15 is 0 Å². The van der Waals surface area contributed by atoms with E-state index < -0.39 is 17.5 Å². The molecule has 0 saturated carbocycles. The van der Waals surface area contributed by atoms with Gasteiger partial charge in [0.25, 0.3) is 0 Å². The molecule has 0 saturated heterocycles. The number of hydrogen-bond donors (Lipinski definition) is 3. The van der Waals surface area contributed by atoms with Crippen LogP contribution >= 0.6 is 0 Å². The third-order valence-corrected chi connectivity index (χ3v) is 3.63. The molecule has 7 heteroatoms. The summed E-state index contributed by atoms with van der Waals surface area (Å²) in [4.78, 5) is 24.4. The lowest BCUT2D eigenvalue weighted by Gasteiger charge is -2.28. The highest BCUT2D eigenvalue weighted by Gasteiger charge is 2.35. The van der Waals surface area contributed by atoms with Crippen molar-refractivity contribution in [3.63, 3.8) is 0 Å². The quantitative estimate of drug-likeness (QED) is 0.221. The second-order valence-corrected chi connectivity index (χ2v) is 5.81. The van der Waals surface area contributed by atoms with E-state index in [9.17, 15) is 9.59 Å². The van der Waals surface area contributed by atoms with Gasteiger partial charge in [-0.1, -0.05) is 43.3 Å². The number of carbonyl (C=O) groups excluding carboxylic acids is 2. The summed E-state index contributed by atoms with van der Waals surface area (Å²) in [5.74, 6) is -0.505. The van der Waals surface area contributed by atoms with E-state index in [0.717, 1.165) is 5.56 Å². The Balaban J connectivity index is 2.77. The molecule has 1 rings (SSSR count). The summed E-state index contributed by atoms with van der Waals surface area (Å²) in [5.41, 5.74) is 0.626. The predicted octanol–water partition coefficient (Wildman–Crippen LogP) is 3.29. The lowest BCUT2D eigenvalue weighted by molar-refractivity contribution is -0.149. The van der Waals surface area contributed by atoms with Gasteiger partial charge < -0.3 is 20.6 Å². The Morgan fingerprint density at radius 3 is 2.52 bits per heavy atom. The molecule has 0 aliphatic heterocycles. The van der Waals surface area contributed by atoms with E-state index in [4.69, 9.17) is 9.94 Å². The molecule has 136 valence electrons. The number of amides is 2. The Morgan fingerprint density at radius 1 is 1.36 bits per heavy atom. The summed E-state index contributed by atoms with van der Waals surface area (Å²) in [7, 11) is 0. The number of carbonyl (C=O) groups is 2. The van der Waals surface area contributed by atoms with E-state index in [-0.39, 0.29) is 6.61 Å². The second kappa shape index (κ2) is 9.46. The first-order chi connectivity index (χ1) is 11.9. The third-order valence-electron chi connectivity index (χ3n) is 3.63. The van der Waals surface area contributed by atoms with Crippen molar-refractivity contribution in [1.82, 2.24) is 5.32 Å². The van der Waals surface area contributed by atoms with Crippen LogP contribution in [0.15, 0.2) is 42.1 Å². The molecule has 0 aliphatic rings. The number of oxime groups is 1. The molecule has 3 N–H and O–H groups in total. The van der Waals surface area contributed by atoms with Crippen LogP contribution in [0, 0.1) is 0 Å². The van der Waals surface area contributed by atoms with E-state index in [0.29, 0.717) is 24.2 Å². The molecular formula is C18H25N3O4. The molecular weight excluding hydrogens is 322 g/mol. The van der Waals surface area contributed by atoms with Crippen LogP contribution < -0.4 is 10.6 Å². The highest BCUT2D eigenvalue weighted by Crippen LogP contribution is 2.16. The Kier molecular flexibility index (Phi) is 7.65. The smallest absolute Gasteiger partial charge is 0.331 e. The number of nitrogens with zero attached hydrogens (tertiary/aromatic N) is 1. The average Bonchev–Trinajstić information content (AvgIpc) is 2.59. The molecule has 1 unspecified atom stereocenters. The summed E-state index contributed by atoms with van der Waals surface area (Å²) < 4.78 is 5.08. The third kappa shape index (κ3) is 5.95. The van der Waals surface area contributed by atoms with Gasteiger partial charge in [0.05, 0.1) is 5.71 Å². The fraction of sp³-hybridized carbons (Fsp3) is 0.389. The Morgan fingerprint density at radius 2 is 2.00 bits per heavy atom. The van der Waals surface area contributed by atoms with E-state index in [2.05, 4.69) is 22.4 Å². The number of urea groups is 1. The predicted molar refractivity (Wildman–Crippen MR) is 97.1 cm³/mol. The van der Waals surface area contributed by atoms with Crippen molar-refractivity contribution in [1.29, 1.82) is 0 Å². The molecule has 1 aromatic carbocycles. The van der Waals surface area contributed by atoms with Crippen molar-refractivity contribution < 1.29 is 19.5 Å². The number of hydrogen-bond acceptors (Lipinski definition) is 5. The Hall–Kier alpha value is -2.83. The fourth-order valence-corrected chi connectivity index (χ4v) is 2.27. The van der Waals surface area contributed by atoms with Gasteiger partial charge in [-0.2, -0.15) is 0 Å². The normalized spacial score (nSPS) is 13.5. The Bertz CT molecular complexity index is 640. The molecule has 7 nitrogen and oxygen atoms in total. The largest absolute Gasteiger partial charge is 0.460 e. The minimum absolute atomic E-state index is 0.0919. The summed E-state index contributed by atoms with van der Waals surface area (Å²) in [6, 6.07) is 6.28. The van der Waals surface area contributed by atoms with Gasteiger partial charge >= 0.3 is 12.0 Å². The van der Waals surface area contributed by atoms with Gasteiger partial charge in [0.1, 0.15) is 12.1 Å². The maximum absolute atomic E-state index is 12.2. The van der Waals surface area contributed by atoms with Gasteiger partial charge in [-0.15, -0.1) is 0 Å². The summed E-state index contributed by atoms with van der Waals surface area (Å²) in [5, 5.41) is 17.2. The molecule has 1 aromatic rings. The lowest BCUT2D eigenvalue weighted by Crippen LogP contribution is -2.54. The molecule has 2 amide bonds. The van der Waals surface area contributed by atoms with Gasteiger partial charge in [-0.3, -0.25) is 0 Å². The molecule has 0 aliphatic carbocycles. The SMILES string of the molecule is C=CCOC(=O)C(C)(CCC)NC(=O)Nc1ccc(/C(C)=N/O)cc1. The Labute approximate surface area is 147 Å². The van der Waals surface area contributed by atoms with Crippen LogP contribution in [0.4, 0.5) is 10.5 Å². The van der Waals surface area contributed by atoms with Crippen molar-refractivity contribution in [3.05, 3.63) is 42.5 Å². The molecule has 0 bridgehead atoms. The zero-order valence-electron chi connectivity index (χ0n) is 14.8. The summed E-state index contributed by atoms with van der Waals surface area (Å²) in [6.45, 7) is 8.81. The molecule has 0 fully saturated rings. The zero-order valence-corrected chi connectivity index (χ0v) is 14.8. The summed E-state index contributed by atoms with van der Waals surface area (Å²) >= 11 is 0. The minimum Gasteiger partial charge on any atom is -0.460 e. The van der Waals surface area contributed by atoms with Crippen LogP contribution in [-0.4, -0.2) is 35.1 Å². The van der Waals surface area contributed by atoms with Crippen molar-refractivity contribution in [2.75, 3.05) is 11.9 Å². The minimum atomic E-state index is -1.12. The second-order valence-electron chi connectivity index (χ2n) is 5.81. The van der Waals surface area contributed by atoms with E-state index in [1.165, 1.54) is 6.08 Å². The zero-order chi connectivity index (χ0) is 18.9. The molecule has 0 heterocycles. The van der Waals surface area contributed by atoms with Crippen LogP contribution in [0.3, 0.4) is 0 Å². The van der Waals surface area contributed by atoms with Crippen LogP contribution in [0.5, 0.6) is 0 Å². The van der Waals surface area contributed by atoms with Crippen LogP contribution in [0.1, 0.15) is 39.2 Å². The topological polar surface area (TPSA) is 100 Å². The molecule has 0 spiro atoms. The van der Waals surface area contributed by atoms with Crippen LogP contribution in [0.2, 0.25) is 0 Å². The van der Waals surface area contributed by atoms with Gasteiger partial charge in [-0.25, -0.2) is 9.59 Å². The number of nitrogens with one attached hydrogen (secondary N) is 2. The van der Waals surface area contributed by atoms with Crippen LogP contribution in [-0.2, 0) is 9.53 Å². The first-order valence-electron chi connectivity index (χ1n) is 8.02. The van der Waals surface area contributed by atoms with Gasteiger partial charge in [0, 0.05) is 5.69 Å². The number of esters is 1. The number of benzene rings is 1. The number of ether oxygens (including phenoxy) is 1. The van der Waals surface area contributed by atoms with Gasteiger partial charge in [-0.05, 0) is 38.0 Å². The first kappa shape index (κ1) is 20.2. The lowest BCUT2D eigenvalue weighted by atomic mass is 9.96. The van der Waals surface area contributed by atoms with Crippen molar-refractivity contribution in [3.8, 4) is 0 Å². The molecule has 0 aromatic heterocycles. The highest BCUT2D eigenvalue weighted by molar-refractivity contribution is 5.99. The van der Waals surface area contributed by atoms with Gasteiger partial charge in [0.15, 0.2) is 0 Å². The van der Waals surface area contributed by atoms with E-state index in [1.807, 2.05) is 6.92 Å². The van der Waals surface area contributed by atoms with E-state index in [1.54, 1.807) is 38.1 Å². The standard InChI is InChI=1S/C18H25N3O4/c1-5-11-18(4,16(22)25-12-6-2)20-17(23)19-15-9-7-14(8-10-15)13(3)21-24/h6-10,24H,2,5,11-12H2,1,3-4H3,(H2,19,20,23)/b21-13+. The number of rotatable bonds is 8. The van der Waals surface area contributed by atoms with Crippen LogP contribution in [0.25, 0.3) is 0 Å². The number of anilines is 1. The van der Waals surface area contributed by atoms with Crippen molar-refractivity contribution in [2.24, 2.45) is 5.16 Å². The molecule has 0 radical (unpaired) electrons. The fourth-order valence-electron chi connectivity index (χ4n) is 2.27. The summed E-state index contributed by atoms with van der Waals surface area (Å²) in [6.07, 6.45) is 2.62. The van der Waals surface area contributed by atoms with Crippen molar-refractivity contribution >= 4 is 23.4 Å². The first-order valence-corrected chi connectivity index (χ1v) is 8.02.